The molecule has 0 aliphatic heterocycles. The lowest BCUT2D eigenvalue weighted by Crippen LogP contribution is -2.47. The smallest absolute Gasteiger partial charge is 0.0328 e. The minimum atomic E-state index is 0.0905. The van der Waals surface area contributed by atoms with E-state index in [2.05, 4.69) is 29.3 Å². The van der Waals surface area contributed by atoms with Crippen molar-refractivity contribution in [2.24, 2.45) is 5.73 Å². The molecule has 1 aliphatic rings. The van der Waals surface area contributed by atoms with Crippen LogP contribution in [0, 0.1) is 0 Å². The Morgan fingerprint density at radius 2 is 2.19 bits per heavy atom. The molecule has 1 aromatic heterocycles. The van der Waals surface area contributed by atoms with Crippen molar-refractivity contribution in [2.75, 3.05) is 13.1 Å². The van der Waals surface area contributed by atoms with Crippen molar-refractivity contribution >= 4 is 11.3 Å². The fraction of sp³-hybridized carbons (Fsp3) is 0.692. The van der Waals surface area contributed by atoms with Crippen LogP contribution in [0.1, 0.15) is 37.5 Å². The van der Waals surface area contributed by atoms with E-state index in [1.165, 1.54) is 30.6 Å². The molecule has 0 spiro atoms. The number of hydrogen-bond acceptors (Lipinski definition) is 3. The van der Waals surface area contributed by atoms with E-state index in [1.807, 2.05) is 11.3 Å². The van der Waals surface area contributed by atoms with Gasteiger partial charge in [0.05, 0.1) is 0 Å². The molecule has 2 N–H and O–H groups in total. The van der Waals surface area contributed by atoms with Crippen LogP contribution in [0.2, 0.25) is 0 Å². The van der Waals surface area contributed by atoms with Gasteiger partial charge >= 0.3 is 0 Å². The standard InChI is InChI=1S/C13H22N2S/c1-2-15(10-12-6-5-9-16-12)11-13(14)7-3-4-8-13/h5-6,9H,2-4,7-8,10-11,14H2,1H3. The van der Waals surface area contributed by atoms with E-state index in [0.29, 0.717) is 0 Å². The quantitative estimate of drug-likeness (QED) is 0.854. The third-order valence-corrected chi connectivity index (χ3v) is 4.41. The summed E-state index contributed by atoms with van der Waals surface area (Å²) < 4.78 is 0. The first-order valence-corrected chi connectivity index (χ1v) is 7.13. The van der Waals surface area contributed by atoms with Gasteiger partial charge in [-0.15, -0.1) is 11.3 Å². The van der Waals surface area contributed by atoms with Crippen LogP contribution in [0.4, 0.5) is 0 Å². The number of rotatable bonds is 5. The van der Waals surface area contributed by atoms with Gasteiger partial charge < -0.3 is 5.73 Å². The van der Waals surface area contributed by atoms with Gasteiger partial charge in [0.25, 0.3) is 0 Å². The lowest BCUT2D eigenvalue weighted by Gasteiger charge is -2.31. The van der Waals surface area contributed by atoms with E-state index in [0.717, 1.165) is 19.6 Å². The van der Waals surface area contributed by atoms with Gasteiger partial charge in [0.15, 0.2) is 0 Å². The molecule has 0 saturated heterocycles. The SMILES string of the molecule is CCN(Cc1cccs1)CC1(N)CCCC1. The second kappa shape index (κ2) is 5.30. The molecular weight excluding hydrogens is 216 g/mol. The van der Waals surface area contributed by atoms with Gasteiger partial charge in [0.1, 0.15) is 0 Å². The van der Waals surface area contributed by atoms with Crippen LogP contribution in [0.25, 0.3) is 0 Å². The topological polar surface area (TPSA) is 29.3 Å². The summed E-state index contributed by atoms with van der Waals surface area (Å²) in [7, 11) is 0. The van der Waals surface area contributed by atoms with E-state index >= 15 is 0 Å². The number of thiophene rings is 1. The number of likely N-dealkylation sites (N-methyl/N-ethyl adjacent to an activating group) is 1. The Hall–Kier alpha value is -0.380. The Morgan fingerprint density at radius 3 is 2.75 bits per heavy atom. The maximum Gasteiger partial charge on any atom is 0.0328 e. The summed E-state index contributed by atoms with van der Waals surface area (Å²) in [5, 5.41) is 2.15. The molecule has 0 radical (unpaired) electrons. The van der Waals surface area contributed by atoms with Gasteiger partial charge in [-0.05, 0) is 30.8 Å². The first kappa shape index (κ1) is 12.1. The second-order valence-corrected chi connectivity index (χ2v) is 5.98. The predicted octanol–water partition coefficient (Wildman–Crippen LogP) is 2.84. The molecule has 90 valence electrons. The zero-order valence-corrected chi connectivity index (χ0v) is 10.9. The molecule has 2 rings (SSSR count). The zero-order chi connectivity index (χ0) is 11.4. The predicted molar refractivity (Wildman–Crippen MR) is 70.7 cm³/mol. The summed E-state index contributed by atoms with van der Waals surface area (Å²) in [6.07, 6.45) is 5.03. The molecule has 0 unspecified atom stereocenters. The Bertz CT molecular complexity index is 302. The van der Waals surface area contributed by atoms with Gasteiger partial charge in [-0.3, -0.25) is 4.90 Å². The molecule has 0 atom stereocenters. The Balaban J connectivity index is 1.90. The molecular formula is C13H22N2S. The summed E-state index contributed by atoms with van der Waals surface area (Å²) in [6, 6.07) is 4.34. The minimum Gasteiger partial charge on any atom is -0.324 e. The van der Waals surface area contributed by atoms with Gasteiger partial charge in [-0.25, -0.2) is 0 Å². The molecule has 1 aromatic rings. The van der Waals surface area contributed by atoms with Gasteiger partial charge in [0, 0.05) is 23.5 Å². The Labute approximate surface area is 102 Å². The molecule has 1 heterocycles. The number of hydrogen-bond donors (Lipinski definition) is 1. The second-order valence-electron chi connectivity index (χ2n) is 4.95. The van der Waals surface area contributed by atoms with Crippen molar-refractivity contribution < 1.29 is 0 Å². The lowest BCUT2D eigenvalue weighted by atomic mass is 9.98. The molecule has 1 aliphatic carbocycles. The van der Waals surface area contributed by atoms with Crippen LogP contribution in [-0.2, 0) is 6.54 Å². The van der Waals surface area contributed by atoms with Gasteiger partial charge in [0.2, 0.25) is 0 Å². The van der Waals surface area contributed by atoms with Crippen molar-refractivity contribution in [3.05, 3.63) is 22.4 Å². The lowest BCUT2D eigenvalue weighted by molar-refractivity contribution is 0.212. The number of nitrogens with two attached hydrogens (primary N) is 1. The largest absolute Gasteiger partial charge is 0.324 e. The van der Waals surface area contributed by atoms with Crippen molar-refractivity contribution in [3.63, 3.8) is 0 Å². The summed E-state index contributed by atoms with van der Waals surface area (Å²) >= 11 is 1.84. The van der Waals surface area contributed by atoms with Crippen LogP contribution in [0.3, 0.4) is 0 Å². The molecule has 16 heavy (non-hydrogen) atoms. The maximum absolute atomic E-state index is 6.43. The Morgan fingerprint density at radius 1 is 1.44 bits per heavy atom. The molecule has 1 saturated carbocycles. The first-order chi connectivity index (χ1) is 7.72. The van der Waals surface area contributed by atoms with Crippen molar-refractivity contribution in [1.82, 2.24) is 4.90 Å². The first-order valence-electron chi connectivity index (χ1n) is 6.25. The molecule has 2 nitrogen and oxygen atoms in total. The zero-order valence-electron chi connectivity index (χ0n) is 10.1. The summed E-state index contributed by atoms with van der Waals surface area (Å²) in [5.74, 6) is 0. The van der Waals surface area contributed by atoms with Crippen LogP contribution >= 0.6 is 11.3 Å². The normalized spacial score (nSPS) is 19.4. The third-order valence-electron chi connectivity index (χ3n) is 3.54. The van der Waals surface area contributed by atoms with Gasteiger partial charge in [-0.2, -0.15) is 0 Å². The molecule has 1 fully saturated rings. The van der Waals surface area contributed by atoms with E-state index < -0.39 is 0 Å². The summed E-state index contributed by atoms with van der Waals surface area (Å²) in [6.45, 7) is 5.44. The molecule has 3 heteroatoms. The maximum atomic E-state index is 6.43. The Kier molecular flexibility index (Phi) is 4.00. The van der Waals surface area contributed by atoms with Crippen molar-refractivity contribution in [3.8, 4) is 0 Å². The van der Waals surface area contributed by atoms with Crippen LogP contribution in [0.15, 0.2) is 17.5 Å². The van der Waals surface area contributed by atoms with E-state index in [9.17, 15) is 0 Å². The van der Waals surface area contributed by atoms with Crippen molar-refractivity contribution in [2.45, 2.75) is 44.7 Å². The minimum absolute atomic E-state index is 0.0905. The average molecular weight is 238 g/mol. The fourth-order valence-corrected chi connectivity index (χ4v) is 3.33. The van der Waals surface area contributed by atoms with E-state index in [-0.39, 0.29) is 5.54 Å². The van der Waals surface area contributed by atoms with Crippen molar-refractivity contribution in [1.29, 1.82) is 0 Å². The van der Waals surface area contributed by atoms with Crippen LogP contribution < -0.4 is 5.73 Å². The highest BCUT2D eigenvalue weighted by molar-refractivity contribution is 7.09. The van der Waals surface area contributed by atoms with Crippen LogP contribution in [0.5, 0.6) is 0 Å². The van der Waals surface area contributed by atoms with Gasteiger partial charge in [-0.1, -0.05) is 25.8 Å². The highest BCUT2D eigenvalue weighted by Crippen LogP contribution is 2.28. The van der Waals surface area contributed by atoms with E-state index in [4.69, 9.17) is 5.73 Å². The highest BCUT2D eigenvalue weighted by atomic mass is 32.1. The fourth-order valence-electron chi connectivity index (χ4n) is 2.59. The average Bonchev–Trinajstić information content (AvgIpc) is 2.89. The number of nitrogens with zero attached hydrogens (tertiary/aromatic N) is 1. The summed E-state index contributed by atoms with van der Waals surface area (Å²) in [5.41, 5.74) is 6.52. The molecule has 0 aromatic carbocycles. The molecule has 0 amide bonds. The monoisotopic (exact) mass is 238 g/mol. The van der Waals surface area contributed by atoms with Crippen LogP contribution in [-0.4, -0.2) is 23.5 Å². The third kappa shape index (κ3) is 3.06. The van der Waals surface area contributed by atoms with E-state index in [1.54, 1.807) is 0 Å². The highest BCUT2D eigenvalue weighted by Gasteiger charge is 2.30. The summed E-state index contributed by atoms with van der Waals surface area (Å²) in [4.78, 5) is 3.93. The molecule has 0 bridgehead atoms.